The van der Waals surface area contributed by atoms with Gasteiger partial charge in [0, 0.05) is 0 Å². The second-order valence-electron chi connectivity index (χ2n) is 6.36. The number of esters is 2. The number of hydrogen-bond donors (Lipinski definition) is 2. The Morgan fingerprint density at radius 2 is 1.96 bits per heavy atom. The highest BCUT2D eigenvalue weighted by molar-refractivity contribution is 5.95. The maximum Gasteiger partial charge on any atom is 0.347 e. The van der Waals surface area contributed by atoms with Crippen molar-refractivity contribution in [3.8, 4) is 5.75 Å². The minimum absolute atomic E-state index is 0.196. The van der Waals surface area contributed by atoms with Crippen molar-refractivity contribution in [2.75, 3.05) is 13.2 Å². The van der Waals surface area contributed by atoms with Gasteiger partial charge in [0.05, 0.1) is 23.9 Å². The highest BCUT2D eigenvalue weighted by Crippen LogP contribution is 2.18. The Hall–Kier alpha value is -3.03. The first-order valence-corrected chi connectivity index (χ1v) is 9.23. The Morgan fingerprint density at radius 1 is 1.21 bits per heavy atom. The van der Waals surface area contributed by atoms with Gasteiger partial charge in [-0.2, -0.15) is 0 Å². The van der Waals surface area contributed by atoms with Crippen molar-refractivity contribution in [3.05, 3.63) is 41.1 Å². The van der Waals surface area contributed by atoms with E-state index in [0.717, 1.165) is 5.56 Å². The number of benzene rings is 1. The number of urea groups is 1. The lowest BCUT2D eigenvalue weighted by molar-refractivity contribution is -0.150. The van der Waals surface area contributed by atoms with E-state index in [4.69, 9.17) is 14.2 Å². The summed E-state index contributed by atoms with van der Waals surface area (Å²) in [6, 6.07) is 6.33. The summed E-state index contributed by atoms with van der Waals surface area (Å²) >= 11 is 0. The molecule has 0 spiro atoms. The molecule has 0 unspecified atom stereocenters. The van der Waals surface area contributed by atoms with E-state index in [9.17, 15) is 14.4 Å². The van der Waals surface area contributed by atoms with Gasteiger partial charge in [0.15, 0.2) is 6.10 Å². The van der Waals surface area contributed by atoms with Crippen LogP contribution >= 0.6 is 0 Å². The summed E-state index contributed by atoms with van der Waals surface area (Å²) < 4.78 is 15.9. The number of carbonyl (C=O) groups excluding carboxylic acids is 3. The lowest BCUT2D eigenvalue weighted by Crippen LogP contribution is -2.51. The number of rotatable bonds is 8. The molecule has 0 saturated heterocycles. The lowest BCUT2D eigenvalue weighted by atomic mass is 10.0. The first kappa shape index (κ1) is 21.3. The van der Waals surface area contributed by atoms with Crippen LogP contribution in [0, 0.1) is 6.92 Å². The van der Waals surface area contributed by atoms with Crippen molar-refractivity contribution >= 4 is 18.0 Å². The van der Waals surface area contributed by atoms with E-state index in [1.54, 1.807) is 19.9 Å². The maximum absolute atomic E-state index is 12.3. The molecule has 1 aromatic rings. The van der Waals surface area contributed by atoms with Crippen LogP contribution in [0.25, 0.3) is 0 Å². The molecule has 0 bridgehead atoms. The van der Waals surface area contributed by atoms with Crippen LogP contribution in [-0.4, -0.2) is 43.3 Å². The van der Waals surface area contributed by atoms with Gasteiger partial charge in [0.25, 0.3) is 0 Å². The Kier molecular flexibility index (Phi) is 7.43. The smallest absolute Gasteiger partial charge is 0.347 e. The van der Waals surface area contributed by atoms with Crippen LogP contribution in [0.3, 0.4) is 0 Å². The molecule has 0 radical (unpaired) electrons. The molecular formula is C20H26N2O6. The van der Waals surface area contributed by atoms with Crippen molar-refractivity contribution in [3.63, 3.8) is 0 Å². The van der Waals surface area contributed by atoms with Crippen molar-refractivity contribution in [1.29, 1.82) is 0 Å². The van der Waals surface area contributed by atoms with Gasteiger partial charge in [-0.15, -0.1) is 0 Å². The van der Waals surface area contributed by atoms with Crippen LogP contribution in [0.2, 0.25) is 0 Å². The summed E-state index contributed by atoms with van der Waals surface area (Å²) in [4.78, 5) is 36.4. The molecule has 1 aliphatic heterocycles. The number of amides is 2. The van der Waals surface area contributed by atoms with Gasteiger partial charge in [-0.3, -0.25) is 0 Å². The first-order valence-electron chi connectivity index (χ1n) is 9.23. The van der Waals surface area contributed by atoms with Gasteiger partial charge in [0.2, 0.25) is 0 Å². The number of carbonyl (C=O) groups is 3. The highest BCUT2D eigenvalue weighted by atomic mass is 16.6. The van der Waals surface area contributed by atoms with Crippen LogP contribution in [-0.2, 0) is 19.1 Å². The van der Waals surface area contributed by atoms with Crippen LogP contribution in [0.5, 0.6) is 5.75 Å². The predicted octanol–water partition coefficient (Wildman–Crippen LogP) is 2.21. The van der Waals surface area contributed by atoms with E-state index in [2.05, 4.69) is 10.6 Å². The van der Waals surface area contributed by atoms with Gasteiger partial charge in [-0.05, 0) is 44.9 Å². The number of ether oxygens (including phenoxy) is 3. The second kappa shape index (κ2) is 9.77. The topological polar surface area (TPSA) is 103 Å². The zero-order valence-corrected chi connectivity index (χ0v) is 16.5. The fourth-order valence-corrected chi connectivity index (χ4v) is 2.78. The average Bonchev–Trinajstić information content (AvgIpc) is 2.65. The van der Waals surface area contributed by atoms with Crippen LogP contribution in [0.1, 0.15) is 32.8 Å². The monoisotopic (exact) mass is 390 g/mol. The highest BCUT2D eigenvalue weighted by Gasteiger charge is 2.32. The molecule has 152 valence electrons. The van der Waals surface area contributed by atoms with Gasteiger partial charge in [-0.1, -0.05) is 19.1 Å². The molecule has 2 N–H and O–H groups in total. The van der Waals surface area contributed by atoms with E-state index >= 15 is 0 Å². The molecule has 8 nitrogen and oxygen atoms in total. The Bertz CT molecular complexity index is 774. The minimum Gasteiger partial charge on any atom is -0.479 e. The summed E-state index contributed by atoms with van der Waals surface area (Å²) in [6.07, 6.45) is -0.362. The fourth-order valence-electron chi connectivity index (χ4n) is 2.78. The molecule has 28 heavy (non-hydrogen) atoms. The zero-order valence-electron chi connectivity index (χ0n) is 16.5. The van der Waals surface area contributed by atoms with Crippen molar-refractivity contribution in [2.24, 2.45) is 0 Å². The normalized spacial score (nSPS) is 17.3. The molecule has 2 atom stereocenters. The Balaban J connectivity index is 2.08. The lowest BCUT2D eigenvalue weighted by Gasteiger charge is -2.28. The van der Waals surface area contributed by atoms with Crippen molar-refractivity contribution in [2.45, 2.75) is 46.3 Å². The summed E-state index contributed by atoms with van der Waals surface area (Å²) in [5.74, 6) is -0.618. The van der Waals surface area contributed by atoms with E-state index in [-0.39, 0.29) is 24.5 Å². The molecule has 1 aliphatic rings. The van der Waals surface area contributed by atoms with E-state index in [1.165, 1.54) is 0 Å². The van der Waals surface area contributed by atoms with Gasteiger partial charge >= 0.3 is 18.0 Å². The average molecular weight is 390 g/mol. The third-order valence-electron chi connectivity index (χ3n) is 4.14. The SMILES string of the molecule is CCOC(=O)C1=C(COC(=O)[C@@H](C)Oc2cccc(C)c2)NC(=O)N[C@H]1CC. The largest absolute Gasteiger partial charge is 0.479 e. The Labute approximate surface area is 164 Å². The molecule has 0 fully saturated rings. The molecule has 2 rings (SSSR count). The first-order chi connectivity index (χ1) is 13.3. The molecule has 8 heteroatoms. The molecule has 1 heterocycles. The summed E-state index contributed by atoms with van der Waals surface area (Å²) in [5.41, 5.74) is 1.47. The Morgan fingerprint density at radius 3 is 2.61 bits per heavy atom. The molecule has 0 aromatic heterocycles. The molecule has 1 aromatic carbocycles. The number of nitrogens with one attached hydrogen (secondary N) is 2. The zero-order chi connectivity index (χ0) is 20.7. The number of aryl methyl sites for hydroxylation is 1. The second-order valence-corrected chi connectivity index (χ2v) is 6.36. The standard InChI is InChI=1S/C20H26N2O6/c1-5-15-17(19(24)26-6-2)16(22-20(25)21-15)11-27-18(23)13(4)28-14-9-7-8-12(3)10-14/h7-10,13,15H,5-6,11H2,1-4H3,(H2,21,22,25)/t13-,15+/m1/s1. The molecule has 0 saturated carbocycles. The van der Waals surface area contributed by atoms with Gasteiger partial charge in [0.1, 0.15) is 12.4 Å². The fraction of sp³-hybridized carbons (Fsp3) is 0.450. The quantitative estimate of drug-likeness (QED) is 0.660. The maximum atomic E-state index is 12.3. The van der Waals surface area contributed by atoms with Crippen molar-refractivity contribution < 1.29 is 28.6 Å². The predicted molar refractivity (Wildman–Crippen MR) is 102 cm³/mol. The molecule has 2 amide bonds. The van der Waals surface area contributed by atoms with Crippen LogP contribution in [0.15, 0.2) is 35.5 Å². The third kappa shape index (κ3) is 5.48. The van der Waals surface area contributed by atoms with E-state index < -0.39 is 30.1 Å². The minimum atomic E-state index is -0.854. The summed E-state index contributed by atoms with van der Waals surface area (Å²) in [6.45, 7) is 6.94. The van der Waals surface area contributed by atoms with Gasteiger partial charge in [-0.25, -0.2) is 14.4 Å². The summed E-state index contributed by atoms with van der Waals surface area (Å²) in [5, 5.41) is 5.19. The third-order valence-corrected chi connectivity index (χ3v) is 4.14. The molecular weight excluding hydrogens is 364 g/mol. The summed E-state index contributed by atoms with van der Waals surface area (Å²) in [7, 11) is 0. The van der Waals surface area contributed by atoms with E-state index in [0.29, 0.717) is 12.2 Å². The van der Waals surface area contributed by atoms with Crippen LogP contribution < -0.4 is 15.4 Å². The van der Waals surface area contributed by atoms with Gasteiger partial charge < -0.3 is 24.8 Å². The van der Waals surface area contributed by atoms with Crippen LogP contribution in [0.4, 0.5) is 4.79 Å². The van der Waals surface area contributed by atoms with Crippen molar-refractivity contribution in [1.82, 2.24) is 10.6 Å². The van der Waals surface area contributed by atoms with E-state index in [1.807, 2.05) is 32.0 Å². The molecule has 0 aliphatic carbocycles. The number of hydrogen-bond acceptors (Lipinski definition) is 6.